The Kier molecular flexibility index (Phi) is 3.31. The molecule has 2 heterocycles. The van der Waals surface area contributed by atoms with Crippen molar-refractivity contribution in [2.75, 3.05) is 19.6 Å². The number of aryl methyl sites for hydroxylation is 1. The minimum absolute atomic E-state index is 0.763. The molecule has 1 aromatic rings. The monoisotopic (exact) mass is 274 g/mol. The highest BCUT2D eigenvalue weighted by Gasteiger charge is 2.42. The average molecular weight is 274 g/mol. The Morgan fingerprint density at radius 2 is 2.05 bits per heavy atom. The van der Waals surface area contributed by atoms with Gasteiger partial charge in [-0.3, -0.25) is 9.58 Å². The van der Waals surface area contributed by atoms with Crippen LogP contribution >= 0.6 is 0 Å². The van der Waals surface area contributed by atoms with Gasteiger partial charge in [0.1, 0.15) is 0 Å². The second kappa shape index (κ2) is 5.15. The van der Waals surface area contributed by atoms with Crippen LogP contribution in [0.25, 0.3) is 0 Å². The molecule has 2 saturated carbocycles. The van der Waals surface area contributed by atoms with E-state index < -0.39 is 0 Å². The van der Waals surface area contributed by atoms with Crippen LogP contribution in [0.1, 0.15) is 31.2 Å². The van der Waals surface area contributed by atoms with Crippen molar-refractivity contribution >= 4 is 0 Å². The molecule has 20 heavy (non-hydrogen) atoms. The third kappa shape index (κ3) is 2.77. The molecule has 4 nitrogen and oxygen atoms in total. The van der Waals surface area contributed by atoms with Crippen molar-refractivity contribution in [3.63, 3.8) is 0 Å². The summed E-state index contributed by atoms with van der Waals surface area (Å²) in [7, 11) is 2.00. The van der Waals surface area contributed by atoms with Gasteiger partial charge in [-0.05, 0) is 49.5 Å². The van der Waals surface area contributed by atoms with Gasteiger partial charge >= 0.3 is 0 Å². The van der Waals surface area contributed by atoms with E-state index in [9.17, 15) is 0 Å². The van der Waals surface area contributed by atoms with Crippen molar-refractivity contribution in [3.05, 3.63) is 18.0 Å². The summed E-state index contributed by atoms with van der Waals surface area (Å²) in [5.74, 6) is 1.94. The highest BCUT2D eigenvalue weighted by Crippen LogP contribution is 2.39. The molecule has 2 unspecified atom stereocenters. The normalized spacial score (nSPS) is 31.6. The van der Waals surface area contributed by atoms with Gasteiger partial charge in [0.15, 0.2) is 0 Å². The fourth-order valence-corrected chi connectivity index (χ4v) is 3.74. The maximum Gasteiger partial charge on any atom is 0.0522 e. The predicted molar refractivity (Wildman–Crippen MR) is 79.5 cm³/mol. The van der Waals surface area contributed by atoms with Gasteiger partial charge in [0.2, 0.25) is 0 Å². The maximum atomic E-state index is 4.29. The highest BCUT2D eigenvalue weighted by molar-refractivity contribution is 5.05. The summed E-state index contributed by atoms with van der Waals surface area (Å²) in [4.78, 5) is 2.78. The van der Waals surface area contributed by atoms with Crippen LogP contribution in [0.3, 0.4) is 0 Å². The van der Waals surface area contributed by atoms with E-state index in [1.54, 1.807) is 0 Å². The molecule has 4 heteroatoms. The quantitative estimate of drug-likeness (QED) is 0.881. The standard InChI is InChI=1S/C16H26N4/c1-19-10-12(8-18-19)6-7-20-11-15(13-2-3-13)17-9-16(20)14-4-5-14/h8,10,13-17H,2-7,9,11H2,1H3. The molecule has 0 spiro atoms. The van der Waals surface area contributed by atoms with Gasteiger partial charge in [-0.1, -0.05) is 0 Å². The zero-order valence-electron chi connectivity index (χ0n) is 12.5. The van der Waals surface area contributed by atoms with Crippen molar-refractivity contribution in [1.29, 1.82) is 0 Å². The van der Waals surface area contributed by atoms with E-state index in [0.29, 0.717) is 0 Å². The zero-order valence-corrected chi connectivity index (χ0v) is 12.5. The molecule has 1 saturated heterocycles. The van der Waals surface area contributed by atoms with Gasteiger partial charge in [0.05, 0.1) is 6.20 Å². The van der Waals surface area contributed by atoms with Crippen LogP contribution in [0.2, 0.25) is 0 Å². The first-order valence-electron chi connectivity index (χ1n) is 8.24. The number of hydrogen-bond donors (Lipinski definition) is 1. The molecule has 0 aromatic carbocycles. The molecule has 1 N–H and O–H groups in total. The Morgan fingerprint density at radius 3 is 2.70 bits per heavy atom. The van der Waals surface area contributed by atoms with E-state index in [1.165, 1.54) is 50.9 Å². The van der Waals surface area contributed by atoms with Gasteiger partial charge in [-0.25, -0.2) is 0 Å². The largest absolute Gasteiger partial charge is 0.311 e. The molecule has 3 aliphatic rings. The van der Waals surface area contributed by atoms with E-state index in [4.69, 9.17) is 0 Å². The second-order valence-electron chi connectivity index (χ2n) is 7.02. The van der Waals surface area contributed by atoms with E-state index in [-0.39, 0.29) is 0 Å². The van der Waals surface area contributed by atoms with Crippen molar-refractivity contribution in [2.45, 2.75) is 44.2 Å². The molecule has 0 radical (unpaired) electrons. The summed E-state index contributed by atoms with van der Waals surface area (Å²) in [6.07, 6.45) is 11.1. The van der Waals surface area contributed by atoms with Crippen molar-refractivity contribution in [3.8, 4) is 0 Å². The van der Waals surface area contributed by atoms with Crippen molar-refractivity contribution in [1.82, 2.24) is 20.0 Å². The minimum atomic E-state index is 0.763. The first-order chi connectivity index (χ1) is 9.79. The number of aromatic nitrogens is 2. The number of hydrogen-bond acceptors (Lipinski definition) is 3. The van der Waals surface area contributed by atoms with Gasteiger partial charge in [0.25, 0.3) is 0 Å². The van der Waals surface area contributed by atoms with E-state index >= 15 is 0 Å². The SMILES string of the molecule is Cn1cc(CCN2CC(C3CC3)NCC2C2CC2)cn1. The molecule has 0 bridgehead atoms. The number of piperazine rings is 1. The molecule has 2 atom stereocenters. The molecule has 3 fully saturated rings. The highest BCUT2D eigenvalue weighted by atomic mass is 15.3. The Balaban J connectivity index is 1.38. The summed E-state index contributed by atoms with van der Waals surface area (Å²) in [6, 6.07) is 1.56. The van der Waals surface area contributed by atoms with Crippen molar-refractivity contribution in [2.24, 2.45) is 18.9 Å². The molecule has 2 aliphatic carbocycles. The molecule has 110 valence electrons. The van der Waals surface area contributed by atoms with Gasteiger partial charge in [0, 0.05) is 45.0 Å². The second-order valence-corrected chi connectivity index (χ2v) is 7.02. The Hall–Kier alpha value is -0.870. The van der Waals surface area contributed by atoms with Gasteiger partial charge < -0.3 is 5.32 Å². The third-order valence-electron chi connectivity index (χ3n) is 5.29. The number of nitrogens with one attached hydrogen (secondary N) is 1. The summed E-state index contributed by atoms with van der Waals surface area (Å²) in [5, 5.41) is 8.11. The van der Waals surface area contributed by atoms with Crippen LogP contribution in [0.5, 0.6) is 0 Å². The third-order valence-corrected chi connectivity index (χ3v) is 5.29. The van der Waals surface area contributed by atoms with E-state index in [2.05, 4.69) is 21.5 Å². The number of rotatable bonds is 5. The van der Waals surface area contributed by atoms with Crippen LogP contribution < -0.4 is 5.32 Å². The Bertz CT molecular complexity index is 461. The maximum absolute atomic E-state index is 4.29. The Morgan fingerprint density at radius 1 is 1.25 bits per heavy atom. The average Bonchev–Trinajstić information content (AvgIpc) is 3.35. The lowest BCUT2D eigenvalue weighted by molar-refractivity contribution is 0.109. The lowest BCUT2D eigenvalue weighted by Gasteiger charge is -2.41. The Labute approximate surface area is 121 Å². The lowest BCUT2D eigenvalue weighted by Crippen LogP contribution is -2.58. The first kappa shape index (κ1) is 12.8. The van der Waals surface area contributed by atoms with E-state index in [1.807, 2.05) is 17.9 Å². The van der Waals surface area contributed by atoms with E-state index in [0.717, 1.165) is 30.3 Å². The van der Waals surface area contributed by atoms with Crippen LogP contribution in [0.4, 0.5) is 0 Å². The molecule has 0 amide bonds. The summed E-state index contributed by atoms with van der Waals surface area (Å²) in [5.41, 5.74) is 1.38. The fraction of sp³-hybridized carbons (Fsp3) is 0.812. The van der Waals surface area contributed by atoms with Gasteiger partial charge in [-0.2, -0.15) is 5.10 Å². The topological polar surface area (TPSA) is 33.1 Å². The number of nitrogens with zero attached hydrogens (tertiary/aromatic N) is 3. The molecular formula is C16H26N4. The van der Waals surface area contributed by atoms with Crippen LogP contribution in [0.15, 0.2) is 12.4 Å². The summed E-state index contributed by atoms with van der Waals surface area (Å²) < 4.78 is 1.92. The molecular weight excluding hydrogens is 248 g/mol. The van der Waals surface area contributed by atoms with Crippen molar-refractivity contribution < 1.29 is 0 Å². The lowest BCUT2D eigenvalue weighted by atomic mass is 10.0. The predicted octanol–water partition coefficient (Wildman–Crippen LogP) is 1.42. The van der Waals surface area contributed by atoms with Crippen LogP contribution in [-0.4, -0.2) is 46.4 Å². The van der Waals surface area contributed by atoms with Gasteiger partial charge in [-0.15, -0.1) is 0 Å². The zero-order chi connectivity index (χ0) is 13.5. The molecule has 1 aliphatic heterocycles. The first-order valence-corrected chi connectivity index (χ1v) is 8.24. The molecule has 1 aromatic heterocycles. The smallest absolute Gasteiger partial charge is 0.0522 e. The van der Waals surface area contributed by atoms with Crippen LogP contribution in [-0.2, 0) is 13.5 Å². The molecule has 4 rings (SSSR count). The minimum Gasteiger partial charge on any atom is -0.311 e. The van der Waals surface area contributed by atoms with Crippen LogP contribution in [0, 0.1) is 11.8 Å². The fourth-order valence-electron chi connectivity index (χ4n) is 3.74. The summed E-state index contributed by atoms with van der Waals surface area (Å²) in [6.45, 7) is 3.70. The summed E-state index contributed by atoms with van der Waals surface area (Å²) >= 11 is 0.